The van der Waals surface area contributed by atoms with Gasteiger partial charge in [0.1, 0.15) is 5.82 Å². The average molecular weight is 285 g/mol. The fourth-order valence-corrected chi connectivity index (χ4v) is 1.88. The number of anilines is 1. The van der Waals surface area contributed by atoms with Crippen molar-refractivity contribution in [1.82, 2.24) is 4.98 Å². The van der Waals surface area contributed by atoms with Crippen molar-refractivity contribution in [2.24, 2.45) is 0 Å². The smallest absolute Gasteiger partial charge is 0.256 e. The Hall–Kier alpha value is -1.65. The summed E-state index contributed by atoms with van der Waals surface area (Å²) in [6, 6.07) is 8.55. The number of halogens is 3. The van der Waals surface area contributed by atoms with Crippen molar-refractivity contribution in [2.75, 3.05) is 5.32 Å². The van der Waals surface area contributed by atoms with Crippen LogP contribution in [-0.4, -0.2) is 10.9 Å². The van der Waals surface area contributed by atoms with Crippen molar-refractivity contribution < 1.29 is 9.18 Å². The molecule has 92 valence electrons. The summed E-state index contributed by atoms with van der Waals surface area (Å²) in [5.41, 5.74) is 0.276. The summed E-state index contributed by atoms with van der Waals surface area (Å²) in [7, 11) is 0. The van der Waals surface area contributed by atoms with Gasteiger partial charge in [-0.05, 0) is 30.3 Å². The third-order valence-electron chi connectivity index (χ3n) is 2.08. The highest BCUT2D eigenvalue weighted by Gasteiger charge is 2.09. The van der Waals surface area contributed by atoms with E-state index in [1.165, 1.54) is 36.4 Å². The molecule has 6 heteroatoms. The molecule has 0 aliphatic carbocycles. The van der Waals surface area contributed by atoms with Gasteiger partial charge in [0.2, 0.25) is 5.95 Å². The van der Waals surface area contributed by atoms with E-state index in [4.69, 9.17) is 23.2 Å². The topological polar surface area (TPSA) is 42.0 Å². The number of amides is 1. The highest BCUT2D eigenvalue weighted by atomic mass is 35.5. The number of aromatic nitrogens is 1. The fraction of sp³-hybridized carbons (Fsp3) is 0. The first kappa shape index (κ1) is 12.8. The van der Waals surface area contributed by atoms with Crippen LogP contribution in [0, 0.1) is 5.95 Å². The minimum Gasteiger partial charge on any atom is -0.306 e. The molecule has 0 atom stereocenters. The molecule has 0 unspecified atom stereocenters. The monoisotopic (exact) mass is 284 g/mol. The van der Waals surface area contributed by atoms with Crippen LogP contribution in [0.15, 0.2) is 36.4 Å². The molecule has 1 aromatic heterocycles. The minimum atomic E-state index is -0.670. The first-order chi connectivity index (χ1) is 8.54. The summed E-state index contributed by atoms with van der Waals surface area (Å²) in [4.78, 5) is 15.4. The Bertz CT molecular complexity index is 584. The van der Waals surface area contributed by atoms with E-state index in [0.717, 1.165) is 0 Å². The van der Waals surface area contributed by atoms with Gasteiger partial charge in [-0.1, -0.05) is 29.3 Å². The van der Waals surface area contributed by atoms with Crippen LogP contribution in [0.4, 0.5) is 10.2 Å². The maximum absolute atomic E-state index is 12.8. The molecule has 18 heavy (non-hydrogen) atoms. The SMILES string of the molecule is O=C(Nc1cccc(F)n1)c1cc(Cl)cc(Cl)c1. The standard InChI is InChI=1S/C12H7Cl2FN2O/c13-8-4-7(5-9(14)6-8)12(18)17-11-3-1-2-10(15)16-11/h1-6H,(H,16,17,18). The quantitative estimate of drug-likeness (QED) is 0.853. The molecule has 1 N–H and O–H groups in total. The van der Waals surface area contributed by atoms with Gasteiger partial charge in [0.15, 0.2) is 0 Å². The van der Waals surface area contributed by atoms with Gasteiger partial charge in [0, 0.05) is 15.6 Å². The zero-order valence-electron chi connectivity index (χ0n) is 8.95. The molecule has 0 saturated heterocycles. The lowest BCUT2D eigenvalue weighted by Gasteiger charge is -2.05. The molecule has 0 aliphatic heterocycles. The third kappa shape index (κ3) is 3.18. The second-order valence-electron chi connectivity index (χ2n) is 3.46. The summed E-state index contributed by atoms with van der Waals surface area (Å²) in [6.45, 7) is 0. The van der Waals surface area contributed by atoms with Crippen molar-refractivity contribution in [2.45, 2.75) is 0 Å². The Morgan fingerprint density at radius 2 is 1.83 bits per heavy atom. The molecular formula is C12H7Cl2FN2O. The maximum atomic E-state index is 12.8. The number of pyridine rings is 1. The zero-order valence-corrected chi connectivity index (χ0v) is 10.5. The molecule has 2 aromatic rings. The Morgan fingerprint density at radius 1 is 1.17 bits per heavy atom. The van der Waals surface area contributed by atoms with Gasteiger partial charge in [-0.2, -0.15) is 4.39 Å². The van der Waals surface area contributed by atoms with E-state index >= 15 is 0 Å². The second-order valence-corrected chi connectivity index (χ2v) is 4.33. The molecule has 1 aromatic carbocycles. The van der Waals surface area contributed by atoms with E-state index in [-0.39, 0.29) is 11.4 Å². The number of carbonyl (C=O) groups excluding carboxylic acids is 1. The molecule has 0 bridgehead atoms. The minimum absolute atomic E-state index is 0.121. The average Bonchev–Trinajstić information content (AvgIpc) is 2.27. The van der Waals surface area contributed by atoms with E-state index in [1.54, 1.807) is 0 Å². The highest BCUT2D eigenvalue weighted by molar-refractivity contribution is 6.35. The fourth-order valence-electron chi connectivity index (χ4n) is 1.35. The Kier molecular flexibility index (Phi) is 3.79. The van der Waals surface area contributed by atoms with Crippen LogP contribution in [-0.2, 0) is 0 Å². The summed E-state index contributed by atoms with van der Waals surface area (Å²) in [5.74, 6) is -1.01. The first-order valence-corrected chi connectivity index (χ1v) is 5.70. The molecule has 1 amide bonds. The molecule has 0 fully saturated rings. The van der Waals surface area contributed by atoms with Gasteiger partial charge in [-0.15, -0.1) is 0 Å². The van der Waals surface area contributed by atoms with E-state index < -0.39 is 11.9 Å². The normalized spacial score (nSPS) is 10.2. The zero-order chi connectivity index (χ0) is 13.1. The molecule has 3 nitrogen and oxygen atoms in total. The van der Waals surface area contributed by atoms with E-state index in [2.05, 4.69) is 10.3 Å². The second kappa shape index (κ2) is 5.33. The molecule has 2 rings (SSSR count). The molecular weight excluding hydrogens is 278 g/mol. The van der Waals surface area contributed by atoms with Gasteiger partial charge in [0.05, 0.1) is 0 Å². The lowest BCUT2D eigenvalue weighted by molar-refractivity contribution is 0.102. The van der Waals surface area contributed by atoms with Gasteiger partial charge < -0.3 is 5.32 Å². The van der Waals surface area contributed by atoms with Crippen molar-refractivity contribution in [3.8, 4) is 0 Å². The molecule has 0 aliphatic rings. The third-order valence-corrected chi connectivity index (χ3v) is 2.52. The number of carbonyl (C=O) groups is 1. The number of nitrogens with one attached hydrogen (secondary N) is 1. The largest absolute Gasteiger partial charge is 0.306 e. The highest BCUT2D eigenvalue weighted by Crippen LogP contribution is 2.19. The summed E-state index contributed by atoms with van der Waals surface area (Å²) in [6.07, 6.45) is 0. The van der Waals surface area contributed by atoms with Crippen LogP contribution < -0.4 is 5.32 Å². The summed E-state index contributed by atoms with van der Waals surface area (Å²) < 4.78 is 12.8. The Labute approximate surface area is 113 Å². The van der Waals surface area contributed by atoms with Gasteiger partial charge in [0.25, 0.3) is 5.91 Å². The van der Waals surface area contributed by atoms with Crippen molar-refractivity contribution in [1.29, 1.82) is 0 Å². The van der Waals surface area contributed by atoms with E-state index in [9.17, 15) is 9.18 Å². The summed E-state index contributed by atoms with van der Waals surface area (Å²) in [5, 5.41) is 3.14. The van der Waals surface area contributed by atoms with Gasteiger partial charge in [-0.3, -0.25) is 4.79 Å². The predicted molar refractivity (Wildman–Crippen MR) is 68.6 cm³/mol. The van der Waals surface area contributed by atoms with Crippen LogP contribution in [0.25, 0.3) is 0 Å². The molecule has 0 spiro atoms. The van der Waals surface area contributed by atoms with E-state index in [0.29, 0.717) is 10.0 Å². The van der Waals surface area contributed by atoms with Crippen LogP contribution in [0.2, 0.25) is 10.0 Å². The van der Waals surface area contributed by atoms with Gasteiger partial charge in [-0.25, -0.2) is 4.98 Å². The molecule has 0 saturated carbocycles. The number of nitrogens with zero attached hydrogens (tertiary/aromatic N) is 1. The van der Waals surface area contributed by atoms with Crippen LogP contribution in [0.5, 0.6) is 0 Å². The number of hydrogen-bond acceptors (Lipinski definition) is 2. The van der Waals surface area contributed by atoms with Crippen molar-refractivity contribution in [3.05, 3.63) is 58.0 Å². The number of benzene rings is 1. The lowest BCUT2D eigenvalue weighted by atomic mass is 10.2. The number of rotatable bonds is 2. The van der Waals surface area contributed by atoms with Crippen molar-refractivity contribution >= 4 is 34.9 Å². The van der Waals surface area contributed by atoms with Gasteiger partial charge >= 0.3 is 0 Å². The van der Waals surface area contributed by atoms with Crippen LogP contribution in [0.3, 0.4) is 0 Å². The lowest BCUT2D eigenvalue weighted by Crippen LogP contribution is -2.13. The predicted octanol–water partition coefficient (Wildman–Crippen LogP) is 3.78. The first-order valence-electron chi connectivity index (χ1n) is 4.94. The molecule has 1 heterocycles. The number of hydrogen-bond donors (Lipinski definition) is 1. The molecule has 0 radical (unpaired) electrons. The van der Waals surface area contributed by atoms with Crippen LogP contribution >= 0.6 is 23.2 Å². The Morgan fingerprint density at radius 3 is 2.44 bits per heavy atom. The summed E-state index contributed by atoms with van der Waals surface area (Å²) >= 11 is 11.6. The van der Waals surface area contributed by atoms with Crippen LogP contribution in [0.1, 0.15) is 10.4 Å². The maximum Gasteiger partial charge on any atom is 0.256 e. The Balaban J connectivity index is 2.22. The van der Waals surface area contributed by atoms with Crippen molar-refractivity contribution in [3.63, 3.8) is 0 Å². The van der Waals surface area contributed by atoms with E-state index in [1.807, 2.05) is 0 Å².